The van der Waals surface area contributed by atoms with Crippen LogP contribution in [0.15, 0.2) is 52.7 Å². The van der Waals surface area contributed by atoms with Gasteiger partial charge in [0, 0.05) is 18.0 Å². The molecule has 1 aromatic heterocycles. The number of nitrogens with zero attached hydrogens (tertiary/aromatic N) is 4. The molecule has 0 atom stereocenters. The van der Waals surface area contributed by atoms with Gasteiger partial charge in [0.2, 0.25) is 5.96 Å². The second-order valence-corrected chi connectivity index (χ2v) is 3.63. The third kappa shape index (κ3) is 3.50. The Kier molecular flexibility index (Phi) is 3.67. The smallest absolute Gasteiger partial charge is 0.223 e. The third-order valence-corrected chi connectivity index (χ3v) is 2.18. The summed E-state index contributed by atoms with van der Waals surface area (Å²) in [7, 11) is 0. The maximum atomic E-state index is 5.53. The monoisotopic (exact) mass is 255 g/mol. The van der Waals surface area contributed by atoms with Crippen molar-refractivity contribution in [2.75, 3.05) is 0 Å². The molecule has 0 unspecified atom stereocenters. The van der Waals surface area contributed by atoms with E-state index < -0.39 is 0 Å². The Balaban J connectivity index is 2.22. The van der Waals surface area contributed by atoms with Crippen molar-refractivity contribution in [1.82, 2.24) is 9.97 Å². The Morgan fingerprint density at radius 3 is 2.16 bits per heavy atom. The first kappa shape index (κ1) is 12.5. The van der Waals surface area contributed by atoms with Crippen molar-refractivity contribution in [3.63, 3.8) is 0 Å². The minimum atomic E-state index is -0.129. The number of rotatable bonds is 2. The predicted octanol–water partition coefficient (Wildman–Crippen LogP) is 0.363. The van der Waals surface area contributed by atoms with E-state index in [-0.39, 0.29) is 11.9 Å². The normalized spacial score (nSPS) is 11.1. The summed E-state index contributed by atoms with van der Waals surface area (Å²) in [6, 6.07) is 9.01. The number of aliphatic imine (C=N–C) groups is 2. The Bertz CT molecular complexity index is 598. The quantitative estimate of drug-likeness (QED) is 0.527. The van der Waals surface area contributed by atoms with Crippen LogP contribution in [0.3, 0.4) is 0 Å². The van der Waals surface area contributed by atoms with Gasteiger partial charge in [-0.3, -0.25) is 0 Å². The van der Waals surface area contributed by atoms with E-state index >= 15 is 0 Å². The van der Waals surface area contributed by atoms with Gasteiger partial charge in [-0.2, -0.15) is 4.99 Å². The summed E-state index contributed by atoms with van der Waals surface area (Å²) in [5, 5.41) is 0. The van der Waals surface area contributed by atoms with Crippen molar-refractivity contribution in [3.8, 4) is 11.4 Å². The fraction of sp³-hybridized carbons (Fsp3) is 0. The summed E-state index contributed by atoms with van der Waals surface area (Å²) in [5.41, 5.74) is 17.5. The van der Waals surface area contributed by atoms with Gasteiger partial charge >= 0.3 is 0 Å². The summed E-state index contributed by atoms with van der Waals surface area (Å²) >= 11 is 0. The van der Waals surface area contributed by atoms with Crippen LogP contribution < -0.4 is 17.2 Å². The van der Waals surface area contributed by atoms with Gasteiger partial charge in [-0.05, 0) is 30.3 Å². The van der Waals surface area contributed by atoms with Crippen LogP contribution in [0.5, 0.6) is 0 Å². The number of benzene rings is 1. The van der Waals surface area contributed by atoms with E-state index in [0.717, 1.165) is 5.56 Å². The van der Waals surface area contributed by atoms with E-state index in [1.54, 1.807) is 30.6 Å². The first-order valence-electron chi connectivity index (χ1n) is 5.46. The third-order valence-electron chi connectivity index (χ3n) is 2.18. The first-order chi connectivity index (χ1) is 9.15. The van der Waals surface area contributed by atoms with Crippen LogP contribution in [0, 0.1) is 0 Å². The molecule has 6 N–H and O–H groups in total. The molecular weight excluding hydrogens is 242 g/mol. The van der Waals surface area contributed by atoms with Crippen LogP contribution in [0.4, 0.5) is 5.69 Å². The minimum Gasteiger partial charge on any atom is -0.370 e. The molecule has 0 amide bonds. The zero-order valence-electron chi connectivity index (χ0n) is 10.1. The Morgan fingerprint density at radius 2 is 1.58 bits per heavy atom. The van der Waals surface area contributed by atoms with E-state index in [2.05, 4.69) is 20.0 Å². The molecule has 1 heterocycles. The maximum Gasteiger partial charge on any atom is 0.223 e. The molecule has 19 heavy (non-hydrogen) atoms. The van der Waals surface area contributed by atoms with Gasteiger partial charge < -0.3 is 17.2 Å². The van der Waals surface area contributed by atoms with Crippen LogP contribution in [0.2, 0.25) is 0 Å². The standard InChI is InChI=1S/C12H13N7/c13-11(14)19-12(15)18-9-4-2-8(3-5-9)10-16-6-1-7-17-10/h1-7H,(H6,13,14,15,18,19). The summed E-state index contributed by atoms with van der Waals surface area (Å²) in [5.74, 6) is 0.523. The highest BCUT2D eigenvalue weighted by Gasteiger charge is 1.99. The summed E-state index contributed by atoms with van der Waals surface area (Å²) in [6.45, 7) is 0. The molecular formula is C12H13N7. The molecule has 0 aliphatic rings. The summed E-state index contributed by atoms with van der Waals surface area (Å²) in [6.07, 6.45) is 3.37. The highest BCUT2D eigenvalue weighted by atomic mass is 15.1. The fourth-order valence-electron chi connectivity index (χ4n) is 1.42. The molecule has 0 saturated heterocycles. The molecule has 7 nitrogen and oxygen atoms in total. The molecule has 7 heteroatoms. The highest BCUT2D eigenvalue weighted by molar-refractivity contribution is 5.93. The number of nitrogens with two attached hydrogens (primary N) is 3. The second kappa shape index (κ2) is 5.58. The van der Waals surface area contributed by atoms with Gasteiger partial charge in [0.15, 0.2) is 11.8 Å². The number of hydrogen-bond acceptors (Lipinski definition) is 3. The lowest BCUT2D eigenvalue weighted by atomic mass is 10.2. The molecule has 0 bridgehead atoms. The van der Waals surface area contributed by atoms with E-state index in [1.165, 1.54) is 0 Å². The number of aromatic nitrogens is 2. The molecule has 0 aliphatic heterocycles. The van der Waals surface area contributed by atoms with Gasteiger partial charge in [-0.25, -0.2) is 15.0 Å². The minimum absolute atomic E-state index is 0.00344. The fourth-order valence-corrected chi connectivity index (χ4v) is 1.42. The average Bonchev–Trinajstić information content (AvgIpc) is 2.39. The zero-order chi connectivity index (χ0) is 13.7. The van der Waals surface area contributed by atoms with Crippen molar-refractivity contribution in [2.45, 2.75) is 0 Å². The lowest BCUT2D eigenvalue weighted by Crippen LogP contribution is -2.26. The Labute approximate surface area is 109 Å². The van der Waals surface area contributed by atoms with E-state index in [0.29, 0.717) is 11.5 Å². The summed E-state index contributed by atoms with van der Waals surface area (Å²) in [4.78, 5) is 16.0. The first-order valence-corrected chi connectivity index (χ1v) is 5.46. The topological polar surface area (TPSA) is 129 Å². The van der Waals surface area contributed by atoms with Crippen molar-refractivity contribution >= 4 is 17.6 Å². The largest absolute Gasteiger partial charge is 0.370 e. The molecule has 0 spiro atoms. The molecule has 2 rings (SSSR count). The van der Waals surface area contributed by atoms with E-state index in [9.17, 15) is 0 Å². The van der Waals surface area contributed by atoms with Gasteiger partial charge in [0.25, 0.3) is 0 Å². The summed E-state index contributed by atoms with van der Waals surface area (Å²) < 4.78 is 0. The van der Waals surface area contributed by atoms with E-state index in [1.807, 2.05) is 12.1 Å². The molecule has 1 aromatic carbocycles. The average molecular weight is 255 g/mol. The lowest BCUT2D eigenvalue weighted by molar-refractivity contribution is 1.18. The van der Waals surface area contributed by atoms with E-state index in [4.69, 9.17) is 17.2 Å². The zero-order valence-corrected chi connectivity index (χ0v) is 10.1. The SMILES string of the molecule is NC(N)=NC(N)=Nc1ccc(-c2ncccn2)cc1. The van der Waals surface area contributed by atoms with Crippen LogP contribution >= 0.6 is 0 Å². The Morgan fingerprint density at radius 1 is 0.947 bits per heavy atom. The Hall–Kier alpha value is -2.96. The van der Waals surface area contributed by atoms with Crippen molar-refractivity contribution in [2.24, 2.45) is 27.2 Å². The van der Waals surface area contributed by atoms with Crippen molar-refractivity contribution < 1.29 is 0 Å². The maximum absolute atomic E-state index is 5.53. The van der Waals surface area contributed by atoms with Gasteiger partial charge in [0.1, 0.15) is 0 Å². The number of hydrogen-bond donors (Lipinski definition) is 3. The van der Waals surface area contributed by atoms with Crippen LogP contribution in [-0.4, -0.2) is 21.9 Å². The van der Waals surface area contributed by atoms with Crippen LogP contribution in [0.1, 0.15) is 0 Å². The van der Waals surface area contributed by atoms with Crippen molar-refractivity contribution in [1.29, 1.82) is 0 Å². The van der Waals surface area contributed by atoms with Gasteiger partial charge in [0.05, 0.1) is 5.69 Å². The van der Waals surface area contributed by atoms with Gasteiger partial charge in [-0.15, -0.1) is 0 Å². The highest BCUT2D eigenvalue weighted by Crippen LogP contribution is 2.19. The molecule has 0 aliphatic carbocycles. The number of guanidine groups is 2. The molecule has 2 aromatic rings. The predicted molar refractivity (Wildman–Crippen MR) is 74.6 cm³/mol. The molecule has 0 radical (unpaired) electrons. The second-order valence-electron chi connectivity index (χ2n) is 3.63. The van der Waals surface area contributed by atoms with Crippen molar-refractivity contribution in [3.05, 3.63) is 42.7 Å². The van der Waals surface area contributed by atoms with Crippen LogP contribution in [0.25, 0.3) is 11.4 Å². The molecule has 0 saturated carbocycles. The van der Waals surface area contributed by atoms with Crippen LogP contribution in [-0.2, 0) is 0 Å². The van der Waals surface area contributed by atoms with Gasteiger partial charge in [-0.1, -0.05) is 0 Å². The molecule has 96 valence electrons. The molecule has 0 fully saturated rings. The lowest BCUT2D eigenvalue weighted by Gasteiger charge is -2.00.